The molecule has 1 rings (SSSR count). The average molecular weight is 279 g/mol. The molecule has 3 N–H and O–H groups in total. The molecule has 0 aromatic carbocycles. The zero-order chi connectivity index (χ0) is 14.8. The monoisotopic (exact) mass is 279 g/mol. The van der Waals surface area contributed by atoms with E-state index in [9.17, 15) is 4.79 Å². The Labute approximate surface area is 121 Å². The van der Waals surface area contributed by atoms with Crippen LogP contribution in [0.3, 0.4) is 0 Å². The fraction of sp³-hybridized carbons (Fsp3) is 0.714. The van der Waals surface area contributed by atoms with Crippen molar-refractivity contribution in [1.29, 1.82) is 5.26 Å². The minimum Gasteiger partial charge on any atom is -0.388 e. The van der Waals surface area contributed by atoms with Gasteiger partial charge in [0.25, 0.3) is 5.91 Å². The Hall–Kier alpha value is -1.58. The van der Waals surface area contributed by atoms with Crippen molar-refractivity contribution in [2.45, 2.75) is 26.3 Å². The molecule has 0 aromatic heterocycles. The van der Waals surface area contributed by atoms with Gasteiger partial charge in [-0.2, -0.15) is 5.26 Å². The van der Waals surface area contributed by atoms with Crippen LogP contribution < -0.4 is 16.0 Å². The molecule has 0 radical (unpaired) electrons. The molecule has 1 aliphatic heterocycles. The first kappa shape index (κ1) is 16.5. The number of hydrogen-bond donors (Lipinski definition) is 3. The zero-order valence-electron chi connectivity index (χ0n) is 12.4. The van der Waals surface area contributed by atoms with Gasteiger partial charge in [-0.3, -0.25) is 9.69 Å². The Morgan fingerprint density at radius 3 is 2.80 bits per heavy atom. The Morgan fingerprint density at radius 1 is 1.50 bits per heavy atom. The summed E-state index contributed by atoms with van der Waals surface area (Å²) in [7, 11) is 0. The lowest BCUT2D eigenvalue weighted by atomic mass is 10.2. The van der Waals surface area contributed by atoms with Crippen LogP contribution in [0.1, 0.15) is 20.3 Å². The summed E-state index contributed by atoms with van der Waals surface area (Å²) in [5.74, 6) is -0.309. The standard InChI is InChI=1S/C14H25N5O/c1-3-12(2)18-14(20)13(10-15)11-17-6-9-19-7-4-16-5-8-19/h11-12,16-17H,3-9H2,1-2H3,(H,18,20)/b13-11-. The van der Waals surface area contributed by atoms with Crippen molar-refractivity contribution in [1.82, 2.24) is 20.9 Å². The van der Waals surface area contributed by atoms with Crippen LogP contribution in [0.5, 0.6) is 0 Å². The van der Waals surface area contributed by atoms with Crippen LogP contribution >= 0.6 is 0 Å². The number of carbonyl (C=O) groups excluding carboxylic acids is 1. The minimum atomic E-state index is -0.309. The molecule has 1 saturated heterocycles. The predicted molar refractivity (Wildman–Crippen MR) is 78.9 cm³/mol. The Bertz CT molecular complexity index is 368. The van der Waals surface area contributed by atoms with E-state index in [-0.39, 0.29) is 17.5 Å². The summed E-state index contributed by atoms with van der Waals surface area (Å²) >= 11 is 0. The number of amides is 1. The third-order valence-corrected chi connectivity index (χ3v) is 3.38. The van der Waals surface area contributed by atoms with Gasteiger partial charge in [0.1, 0.15) is 11.6 Å². The molecular formula is C14H25N5O. The van der Waals surface area contributed by atoms with Gasteiger partial charge in [0.15, 0.2) is 0 Å². The van der Waals surface area contributed by atoms with Crippen molar-refractivity contribution in [3.8, 4) is 6.07 Å². The van der Waals surface area contributed by atoms with E-state index in [0.29, 0.717) is 0 Å². The molecule has 1 fully saturated rings. The lowest BCUT2D eigenvalue weighted by molar-refractivity contribution is -0.117. The van der Waals surface area contributed by atoms with Crippen LogP contribution in [0.4, 0.5) is 0 Å². The number of carbonyl (C=O) groups is 1. The van der Waals surface area contributed by atoms with Gasteiger partial charge >= 0.3 is 0 Å². The maximum atomic E-state index is 11.8. The molecule has 6 nitrogen and oxygen atoms in total. The first-order valence-electron chi connectivity index (χ1n) is 7.25. The van der Waals surface area contributed by atoms with E-state index >= 15 is 0 Å². The second-order valence-corrected chi connectivity index (χ2v) is 5.00. The molecule has 0 aromatic rings. The molecule has 0 bridgehead atoms. The lowest BCUT2D eigenvalue weighted by Gasteiger charge is -2.26. The Kier molecular flexibility index (Phi) is 7.70. The highest BCUT2D eigenvalue weighted by Gasteiger charge is 2.11. The number of rotatable bonds is 7. The maximum Gasteiger partial charge on any atom is 0.263 e. The zero-order valence-corrected chi connectivity index (χ0v) is 12.4. The van der Waals surface area contributed by atoms with Crippen LogP contribution in [-0.4, -0.2) is 56.1 Å². The van der Waals surface area contributed by atoms with Gasteiger partial charge in [-0.1, -0.05) is 6.92 Å². The highest BCUT2D eigenvalue weighted by atomic mass is 16.1. The second-order valence-electron chi connectivity index (χ2n) is 5.00. The second kappa shape index (κ2) is 9.34. The van der Waals surface area contributed by atoms with Crippen LogP contribution in [0.25, 0.3) is 0 Å². The van der Waals surface area contributed by atoms with Gasteiger partial charge in [0.2, 0.25) is 0 Å². The molecule has 20 heavy (non-hydrogen) atoms. The quantitative estimate of drug-likeness (QED) is 0.342. The smallest absolute Gasteiger partial charge is 0.263 e. The van der Waals surface area contributed by atoms with E-state index in [1.165, 1.54) is 6.20 Å². The van der Waals surface area contributed by atoms with Gasteiger partial charge in [-0.15, -0.1) is 0 Å². The number of piperazine rings is 1. The topological polar surface area (TPSA) is 80.2 Å². The maximum absolute atomic E-state index is 11.8. The summed E-state index contributed by atoms with van der Waals surface area (Å²) in [4.78, 5) is 14.1. The van der Waals surface area contributed by atoms with Crippen molar-refractivity contribution in [3.63, 3.8) is 0 Å². The summed E-state index contributed by atoms with van der Waals surface area (Å²) in [6, 6.07) is 2.02. The van der Waals surface area contributed by atoms with E-state index in [4.69, 9.17) is 5.26 Å². The van der Waals surface area contributed by atoms with Gasteiger partial charge in [-0.25, -0.2) is 0 Å². The van der Waals surface area contributed by atoms with Gasteiger partial charge < -0.3 is 16.0 Å². The summed E-state index contributed by atoms with van der Waals surface area (Å²) in [5.41, 5.74) is 0.130. The van der Waals surface area contributed by atoms with Crippen LogP contribution in [0.15, 0.2) is 11.8 Å². The van der Waals surface area contributed by atoms with E-state index in [1.54, 1.807) is 0 Å². The van der Waals surface area contributed by atoms with Crippen molar-refractivity contribution in [3.05, 3.63) is 11.8 Å². The first-order valence-corrected chi connectivity index (χ1v) is 7.25. The number of nitrogens with one attached hydrogen (secondary N) is 3. The molecule has 1 atom stereocenters. The van der Waals surface area contributed by atoms with E-state index in [2.05, 4.69) is 20.9 Å². The molecule has 6 heteroatoms. The minimum absolute atomic E-state index is 0.0834. The molecule has 1 aliphatic rings. The molecule has 1 unspecified atom stereocenters. The fourth-order valence-electron chi connectivity index (χ4n) is 1.88. The SMILES string of the molecule is CCC(C)NC(=O)/C(C#N)=C\NCCN1CCNCC1. The summed E-state index contributed by atoms with van der Waals surface area (Å²) in [6.45, 7) is 9.71. The highest BCUT2D eigenvalue weighted by Crippen LogP contribution is 1.95. The molecule has 0 aliphatic carbocycles. The van der Waals surface area contributed by atoms with E-state index in [0.717, 1.165) is 45.7 Å². The summed E-state index contributed by atoms with van der Waals surface area (Å²) in [5, 5.41) is 18.1. The molecule has 112 valence electrons. The molecule has 0 spiro atoms. The predicted octanol–water partition coefficient (Wildman–Crippen LogP) is -0.197. The third kappa shape index (κ3) is 6.04. The average Bonchev–Trinajstić information content (AvgIpc) is 2.48. The van der Waals surface area contributed by atoms with Gasteiger partial charge in [-0.05, 0) is 13.3 Å². The van der Waals surface area contributed by atoms with Crippen LogP contribution in [0.2, 0.25) is 0 Å². The number of hydrogen-bond acceptors (Lipinski definition) is 5. The van der Waals surface area contributed by atoms with Crippen molar-refractivity contribution in [2.24, 2.45) is 0 Å². The Balaban J connectivity index is 2.30. The molecule has 0 saturated carbocycles. The molecular weight excluding hydrogens is 254 g/mol. The first-order chi connectivity index (χ1) is 9.67. The van der Waals surface area contributed by atoms with Crippen LogP contribution in [0, 0.1) is 11.3 Å². The lowest BCUT2D eigenvalue weighted by Crippen LogP contribution is -2.45. The number of nitrogens with zero attached hydrogens (tertiary/aromatic N) is 2. The van der Waals surface area contributed by atoms with Gasteiger partial charge in [0, 0.05) is 51.5 Å². The largest absolute Gasteiger partial charge is 0.388 e. The molecule has 1 heterocycles. The third-order valence-electron chi connectivity index (χ3n) is 3.38. The van der Waals surface area contributed by atoms with Gasteiger partial charge in [0.05, 0.1) is 0 Å². The summed E-state index contributed by atoms with van der Waals surface area (Å²) < 4.78 is 0. The highest BCUT2D eigenvalue weighted by molar-refractivity contribution is 5.97. The van der Waals surface area contributed by atoms with E-state index < -0.39 is 0 Å². The van der Waals surface area contributed by atoms with Crippen molar-refractivity contribution >= 4 is 5.91 Å². The Morgan fingerprint density at radius 2 is 2.20 bits per heavy atom. The van der Waals surface area contributed by atoms with Crippen molar-refractivity contribution in [2.75, 3.05) is 39.3 Å². The number of nitriles is 1. The van der Waals surface area contributed by atoms with Crippen molar-refractivity contribution < 1.29 is 4.79 Å². The normalized spacial score (nSPS) is 18.1. The van der Waals surface area contributed by atoms with E-state index in [1.807, 2.05) is 19.9 Å². The fourth-order valence-corrected chi connectivity index (χ4v) is 1.88. The summed E-state index contributed by atoms with van der Waals surface area (Å²) in [6.07, 6.45) is 2.36. The molecule has 1 amide bonds. The van der Waals surface area contributed by atoms with Crippen LogP contribution in [-0.2, 0) is 4.79 Å².